The van der Waals surface area contributed by atoms with E-state index < -0.39 is 26.0 Å². The fourth-order valence-corrected chi connectivity index (χ4v) is 5.69. The minimum absolute atomic E-state index is 0.0217. The van der Waals surface area contributed by atoms with E-state index in [0.717, 1.165) is 0 Å². The van der Waals surface area contributed by atoms with Crippen molar-refractivity contribution in [2.75, 3.05) is 31.5 Å². The van der Waals surface area contributed by atoms with Gasteiger partial charge in [0.25, 0.3) is 10.0 Å². The van der Waals surface area contributed by atoms with Gasteiger partial charge in [0, 0.05) is 13.1 Å². The van der Waals surface area contributed by atoms with Gasteiger partial charge in [-0.25, -0.2) is 16.8 Å². The van der Waals surface area contributed by atoms with E-state index in [1.165, 1.54) is 47.8 Å². The van der Waals surface area contributed by atoms with E-state index in [1.54, 1.807) is 26.8 Å². The molecule has 2 rings (SSSR count). The number of benzene rings is 2. The van der Waals surface area contributed by atoms with Gasteiger partial charge in [0.15, 0.2) is 0 Å². The number of hydrogen-bond acceptors (Lipinski definition) is 7. The summed E-state index contributed by atoms with van der Waals surface area (Å²) < 4.78 is 65.0. The number of sulfonamides is 2. The summed E-state index contributed by atoms with van der Waals surface area (Å²) in [6.45, 7) is 5.86. The fourth-order valence-electron chi connectivity index (χ4n) is 2.93. The zero-order valence-electron chi connectivity index (χ0n) is 18.5. The summed E-state index contributed by atoms with van der Waals surface area (Å²) >= 11 is 0. The molecule has 1 N–H and O–H groups in total. The van der Waals surface area contributed by atoms with Crippen molar-refractivity contribution in [2.45, 2.75) is 37.0 Å². The van der Waals surface area contributed by atoms with Gasteiger partial charge in [0.2, 0.25) is 10.0 Å². The van der Waals surface area contributed by atoms with Crippen molar-refractivity contribution in [1.82, 2.24) is 4.31 Å². The van der Waals surface area contributed by atoms with Gasteiger partial charge >= 0.3 is 5.97 Å². The van der Waals surface area contributed by atoms with Crippen LogP contribution in [-0.4, -0.2) is 53.9 Å². The predicted octanol–water partition coefficient (Wildman–Crippen LogP) is 2.77. The number of hydrogen-bond donors (Lipinski definition) is 1. The molecule has 2 aromatic rings. The Morgan fingerprint density at radius 2 is 1.62 bits per heavy atom. The van der Waals surface area contributed by atoms with Crippen LogP contribution in [0.4, 0.5) is 5.69 Å². The van der Waals surface area contributed by atoms with Gasteiger partial charge in [-0.2, -0.15) is 4.31 Å². The highest BCUT2D eigenvalue weighted by Crippen LogP contribution is 2.26. The van der Waals surface area contributed by atoms with Crippen molar-refractivity contribution in [3.8, 4) is 5.75 Å². The molecule has 0 heterocycles. The van der Waals surface area contributed by atoms with E-state index in [4.69, 9.17) is 4.74 Å². The molecule has 0 aliphatic carbocycles. The first-order chi connectivity index (χ1) is 15.0. The standard InChI is InChI=1S/C21H28N2O7S2/c1-5-23(6-2)32(27,28)20-15-17(8-7-16(20)3)22-31(25,26)19-11-9-18(10-12-19)30-14-13-21(24)29-4/h7-12,15,22H,5-6,13-14H2,1-4H3. The molecule has 0 fully saturated rings. The van der Waals surface area contributed by atoms with Crippen molar-refractivity contribution in [3.05, 3.63) is 48.0 Å². The van der Waals surface area contributed by atoms with Crippen molar-refractivity contribution in [3.63, 3.8) is 0 Å². The van der Waals surface area contributed by atoms with Crippen LogP contribution in [0.25, 0.3) is 0 Å². The molecule has 9 nitrogen and oxygen atoms in total. The number of nitrogens with zero attached hydrogens (tertiary/aromatic N) is 1. The van der Waals surface area contributed by atoms with Crippen molar-refractivity contribution in [1.29, 1.82) is 0 Å². The molecule has 11 heteroatoms. The maximum absolute atomic E-state index is 12.9. The monoisotopic (exact) mass is 484 g/mol. The second kappa shape index (κ2) is 10.8. The summed E-state index contributed by atoms with van der Waals surface area (Å²) in [5.41, 5.74) is 0.660. The molecule has 0 aliphatic rings. The van der Waals surface area contributed by atoms with E-state index in [2.05, 4.69) is 9.46 Å². The third-order valence-electron chi connectivity index (χ3n) is 4.70. The van der Waals surface area contributed by atoms with Crippen LogP contribution in [-0.2, 0) is 29.6 Å². The topological polar surface area (TPSA) is 119 Å². The van der Waals surface area contributed by atoms with Crippen LogP contribution >= 0.6 is 0 Å². The van der Waals surface area contributed by atoms with Crippen LogP contribution in [0, 0.1) is 6.92 Å². The van der Waals surface area contributed by atoms with E-state index in [0.29, 0.717) is 24.4 Å². The number of ether oxygens (including phenoxy) is 2. The minimum Gasteiger partial charge on any atom is -0.493 e. The smallest absolute Gasteiger partial charge is 0.308 e. The zero-order valence-corrected chi connectivity index (χ0v) is 20.1. The molecule has 0 saturated carbocycles. The highest BCUT2D eigenvalue weighted by Gasteiger charge is 2.24. The van der Waals surface area contributed by atoms with Gasteiger partial charge in [-0.05, 0) is 48.9 Å². The zero-order chi connectivity index (χ0) is 23.9. The van der Waals surface area contributed by atoms with E-state index in [9.17, 15) is 21.6 Å². The second-order valence-corrected chi connectivity index (χ2v) is 10.4. The first-order valence-corrected chi connectivity index (χ1v) is 12.9. The number of carbonyl (C=O) groups is 1. The Morgan fingerprint density at radius 1 is 1.00 bits per heavy atom. The molecule has 0 unspecified atom stereocenters. The van der Waals surface area contributed by atoms with Crippen molar-refractivity contribution in [2.24, 2.45) is 0 Å². The lowest BCUT2D eigenvalue weighted by Crippen LogP contribution is -2.31. The Kier molecular flexibility index (Phi) is 8.65. The Hall–Kier alpha value is -2.63. The summed E-state index contributed by atoms with van der Waals surface area (Å²) in [7, 11) is -6.43. The minimum atomic E-state index is -3.96. The molecular weight excluding hydrogens is 456 g/mol. The van der Waals surface area contributed by atoms with E-state index in [1.807, 2.05) is 0 Å². The number of methoxy groups -OCH3 is 1. The van der Waals surface area contributed by atoms with Gasteiger partial charge in [-0.15, -0.1) is 0 Å². The van der Waals surface area contributed by atoms with Crippen molar-refractivity contribution < 1.29 is 31.1 Å². The molecule has 0 radical (unpaired) electrons. The van der Waals surface area contributed by atoms with Crippen LogP contribution in [0.5, 0.6) is 5.75 Å². The van der Waals surface area contributed by atoms with Crippen LogP contribution in [0.15, 0.2) is 52.3 Å². The van der Waals surface area contributed by atoms with Crippen LogP contribution in [0.1, 0.15) is 25.8 Å². The van der Waals surface area contributed by atoms with Gasteiger partial charge in [0.05, 0.1) is 35.6 Å². The quantitative estimate of drug-likeness (QED) is 0.487. The maximum Gasteiger partial charge on any atom is 0.308 e. The Bertz CT molecular complexity index is 1140. The second-order valence-electron chi connectivity index (χ2n) is 6.82. The SMILES string of the molecule is CCN(CC)S(=O)(=O)c1cc(NS(=O)(=O)c2ccc(OCCC(=O)OC)cc2)ccc1C. The molecule has 32 heavy (non-hydrogen) atoms. The average molecular weight is 485 g/mol. The maximum atomic E-state index is 12.9. The largest absolute Gasteiger partial charge is 0.493 e. The van der Waals surface area contributed by atoms with Crippen LogP contribution in [0.2, 0.25) is 0 Å². The number of aryl methyl sites for hydroxylation is 1. The highest BCUT2D eigenvalue weighted by atomic mass is 32.2. The molecule has 0 aromatic heterocycles. The lowest BCUT2D eigenvalue weighted by atomic mass is 10.2. The molecule has 0 spiro atoms. The lowest BCUT2D eigenvalue weighted by Gasteiger charge is -2.20. The van der Waals surface area contributed by atoms with Gasteiger partial charge < -0.3 is 9.47 Å². The normalized spacial score (nSPS) is 11.9. The summed E-state index contributed by atoms with van der Waals surface area (Å²) in [6, 6.07) is 10.1. The third kappa shape index (κ3) is 6.21. The summed E-state index contributed by atoms with van der Waals surface area (Å²) in [5.74, 6) is -0.00957. The van der Waals surface area contributed by atoms with Gasteiger partial charge in [-0.1, -0.05) is 19.9 Å². The molecule has 2 aromatic carbocycles. The third-order valence-corrected chi connectivity index (χ3v) is 8.29. The highest BCUT2D eigenvalue weighted by molar-refractivity contribution is 7.92. The first kappa shape index (κ1) is 25.6. The summed E-state index contributed by atoms with van der Waals surface area (Å²) in [4.78, 5) is 11.1. The van der Waals surface area contributed by atoms with Crippen molar-refractivity contribution >= 4 is 31.7 Å². The summed E-state index contributed by atoms with van der Waals surface area (Å²) in [5, 5.41) is 0. The van der Waals surface area contributed by atoms with E-state index in [-0.39, 0.29) is 28.5 Å². The summed E-state index contributed by atoms with van der Waals surface area (Å²) in [6.07, 6.45) is 0.0737. The predicted molar refractivity (Wildman–Crippen MR) is 121 cm³/mol. The Balaban J connectivity index is 2.21. The van der Waals surface area contributed by atoms with Crippen LogP contribution < -0.4 is 9.46 Å². The Morgan fingerprint density at radius 3 is 2.19 bits per heavy atom. The molecule has 0 aliphatic heterocycles. The molecule has 0 bridgehead atoms. The molecule has 176 valence electrons. The lowest BCUT2D eigenvalue weighted by molar-refractivity contribution is -0.141. The van der Waals surface area contributed by atoms with Crippen LogP contribution in [0.3, 0.4) is 0 Å². The number of rotatable bonds is 11. The van der Waals surface area contributed by atoms with E-state index >= 15 is 0 Å². The molecule has 0 atom stereocenters. The van der Waals surface area contributed by atoms with Gasteiger partial charge in [0.1, 0.15) is 5.75 Å². The Labute approximate surface area is 189 Å². The van der Waals surface area contributed by atoms with Gasteiger partial charge in [-0.3, -0.25) is 9.52 Å². The first-order valence-electron chi connectivity index (χ1n) is 9.98. The number of esters is 1. The number of nitrogens with one attached hydrogen (secondary N) is 1. The average Bonchev–Trinajstić information content (AvgIpc) is 2.75. The molecule has 0 saturated heterocycles. The number of carbonyl (C=O) groups excluding carboxylic acids is 1. The molecular formula is C21H28N2O7S2. The molecule has 0 amide bonds. The number of anilines is 1. The fraction of sp³-hybridized carbons (Fsp3) is 0.381.